The molecule has 2 amide bonds. The number of rotatable bonds is 7. The molecule has 1 aliphatic rings. The van der Waals surface area contributed by atoms with Gasteiger partial charge >= 0.3 is 0 Å². The quantitative estimate of drug-likeness (QED) is 0.215. The van der Waals surface area contributed by atoms with Crippen molar-refractivity contribution in [2.45, 2.75) is 19.9 Å². The molecule has 5 rings (SSSR count). The first-order valence-electron chi connectivity index (χ1n) is 12.4. The van der Waals surface area contributed by atoms with Crippen molar-refractivity contribution in [3.8, 4) is 5.75 Å². The zero-order chi connectivity index (χ0) is 28.4. The third-order valence-electron chi connectivity index (χ3n) is 6.56. The first kappa shape index (κ1) is 26.2. The van der Waals surface area contributed by atoms with Gasteiger partial charge in [0, 0.05) is 23.1 Å². The van der Waals surface area contributed by atoms with Crippen LogP contribution in [0, 0.1) is 17.0 Å². The highest BCUT2D eigenvalue weighted by Crippen LogP contribution is 2.41. The minimum absolute atomic E-state index is 0.177. The van der Waals surface area contributed by atoms with Crippen molar-refractivity contribution < 1.29 is 19.2 Å². The lowest BCUT2D eigenvalue weighted by atomic mass is 9.93. The zero-order valence-corrected chi connectivity index (χ0v) is 22.0. The summed E-state index contributed by atoms with van der Waals surface area (Å²) >= 11 is 0. The van der Waals surface area contributed by atoms with Gasteiger partial charge in [0.15, 0.2) is 0 Å². The number of aryl methyl sites for hydroxylation is 1. The van der Waals surface area contributed by atoms with Gasteiger partial charge < -0.3 is 20.7 Å². The van der Waals surface area contributed by atoms with Crippen molar-refractivity contribution in [3.05, 3.63) is 117 Å². The first-order chi connectivity index (χ1) is 19.3. The van der Waals surface area contributed by atoms with E-state index < -0.39 is 22.8 Å². The van der Waals surface area contributed by atoms with Gasteiger partial charge in [-0.3, -0.25) is 19.7 Å². The summed E-state index contributed by atoms with van der Waals surface area (Å²) in [6, 6.07) is 19.4. The molecule has 2 heterocycles. The standard InChI is InChI=1S/C29H26N6O5/c1-17-7-6-8-20(15-17)33-28(36)23-16-30-34-26(22-9-4-5-10-24(22)35(38)39)25(18(2)31-27(23)34)29(37)32-19-11-13-21(40-3)14-12-19/h4-16,26,31H,1-3H3,(H,32,37)(H,33,36)/t26-/m1/s1. The number of benzene rings is 3. The molecule has 0 bridgehead atoms. The number of ether oxygens (including phenoxy) is 1. The highest BCUT2D eigenvalue weighted by atomic mass is 16.6. The van der Waals surface area contributed by atoms with E-state index in [2.05, 4.69) is 21.0 Å². The van der Waals surface area contributed by atoms with Crippen LogP contribution in [-0.2, 0) is 4.79 Å². The monoisotopic (exact) mass is 538 g/mol. The third-order valence-corrected chi connectivity index (χ3v) is 6.56. The number of carbonyl (C=O) groups is 2. The van der Waals surface area contributed by atoms with Crippen LogP contribution in [0.4, 0.5) is 22.9 Å². The van der Waals surface area contributed by atoms with Crippen molar-refractivity contribution in [1.82, 2.24) is 9.78 Å². The lowest BCUT2D eigenvalue weighted by Gasteiger charge is -2.30. The molecule has 11 nitrogen and oxygen atoms in total. The number of methoxy groups -OCH3 is 1. The molecule has 0 saturated heterocycles. The summed E-state index contributed by atoms with van der Waals surface area (Å²) in [7, 11) is 1.55. The maximum absolute atomic E-state index is 13.7. The molecule has 4 aromatic rings. The van der Waals surface area contributed by atoms with Gasteiger partial charge in [-0.2, -0.15) is 5.10 Å². The predicted octanol–water partition coefficient (Wildman–Crippen LogP) is 5.29. The predicted molar refractivity (Wildman–Crippen MR) is 151 cm³/mol. The van der Waals surface area contributed by atoms with E-state index in [1.807, 2.05) is 25.1 Å². The molecular formula is C29H26N6O5. The normalized spacial score (nSPS) is 14.1. The molecule has 0 unspecified atom stereocenters. The summed E-state index contributed by atoms with van der Waals surface area (Å²) in [6.45, 7) is 3.60. The Morgan fingerprint density at radius 3 is 2.40 bits per heavy atom. The van der Waals surface area contributed by atoms with E-state index in [0.717, 1.165) is 5.56 Å². The Kier molecular flexibility index (Phi) is 7.02. The summed E-state index contributed by atoms with van der Waals surface area (Å²) in [5, 5.41) is 25.3. The van der Waals surface area contributed by atoms with Crippen LogP contribution in [0.5, 0.6) is 5.75 Å². The number of nitro benzene ring substituents is 1. The molecule has 0 saturated carbocycles. The zero-order valence-electron chi connectivity index (χ0n) is 22.0. The van der Waals surface area contributed by atoms with Gasteiger partial charge in [0.05, 0.1) is 29.4 Å². The lowest BCUT2D eigenvalue weighted by Crippen LogP contribution is -2.32. The molecule has 11 heteroatoms. The second-order valence-electron chi connectivity index (χ2n) is 9.24. The molecule has 1 atom stereocenters. The number of fused-ring (bicyclic) bond motifs is 1. The topological polar surface area (TPSA) is 140 Å². The number of nitrogens with zero attached hydrogens (tertiary/aromatic N) is 3. The van der Waals surface area contributed by atoms with E-state index in [1.54, 1.807) is 62.6 Å². The van der Waals surface area contributed by atoms with Crippen LogP contribution in [-0.4, -0.2) is 33.6 Å². The number of nitro groups is 1. The number of hydrogen-bond acceptors (Lipinski definition) is 7. The van der Waals surface area contributed by atoms with Crippen LogP contribution in [0.3, 0.4) is 0 Å². The average molecular weight is 539 g/mol. The van der Waals surface area contributed by atoms with Gasteiger partial charge in [-0.25, -0.2) is 4.68 Å². The number of aromatic nitrogens is 2. The highest BCUT2D eigenvalue weighted by molar-refractivity contribution is 6.09. The number of anilines is 3. The van der Waals surface area contributed by atoms with Gasteiger partial charge in [-0.15, -0.1) is 0 Å². The Morgan fingerprint density at radius 1 is 0.975 bits per heavy atom. The molecular weight excluding hydrogens is 512 g/mol. The van der Waals surface area contributed by atoms with Crippen LogP contribution in [0.2, 0.25) is 0 Å². The number of nitrogens with one attached hydrogen (secondary N) is 3. The Bertz CT molecular complexity index is 1660. The number of amides is 2. The molecule has 0 fully saturated rings. The summed E-state index contributed by atoms with van der Waals surface area (Å²) < 4.78 is 6.62. The van der Waals surface area contributed by atoms with E-state index in [1.165, 1.54) is 16.9 Å². The van der Waals surface area contributed by atoms with Crippen molar-refractivity contribution in [2.75, 3.05) is 23.1 Å². The molecule has 3 N–H and O–H groups in total. The van der Waals surface area contributed by atoms with E-state index in [9.17, 15) is 19.7 Å². The Balaban J connectivity index is 1.57. The summed E-state index contributed by atoms with van der Waals surface area (Å²) in [6.07, 6.45) is 1.38. The maximum atomic E-state index is 13.7. The largest absolute Gasteiger partial charge is 0.497 e. The van der Waals surface area contributed by atoms with Gasteiger partial charge in [0.25, 0.3) is 17.5 Å². The molecule has 1 aromatic heterocycles. The second kappa shape index (κ2) is 10.7. The van der Waals surface area contributed by atoms with Gasteiger partial charge in [-0.1, -0.05) is 24.3 Å². The Morgan fingerprint density at radius 2 is 1.70 bits per heavy atom. The number of hydrogen-bond donors (Lipinski definition) is 3. The van der Waals surface area contributed by atoms with E-state index in [-0.39, 0.29) is 22.4 Å². The van der Waals surface area contributed by atoms with E-state index in [0.29, 0.717) is 28.6 Å². The van der Waals surface area contributed by atoms with Crippen LogP contribution in [0.15, 0.2) is 90.3 Å². The Hall–Kier alpha value is -5.45. The fraction of sp³-hybridized carbons (Fsp3) is 0.138. The number of carbonyl (C=O) groups excluding carboxylic acids is 2. The van der Waals surface area contributed by atoms with Gasteiger partial charge in [0.2, 0.25) is 0 Å². The van der Waals surface area contributed by atoms with Crippen molar-refractivity contribution >= 4 is 34.7 Å². The molecule has 40 heavy (non-hydrogen) atoms. The summed E-state index contributed by atoms with van der Waals surface area (Å²) in [4.78, 5) is 38.5. The fourth-order valence-corrected chi connectivity index (χ4v) is 4.68. The third kappa shape index (κ3) is 4.99. The fourth-order valence-electron chi connectivity index (χ4n) is 4.68. The molecule has 0 radical (unpaired) electrons. The van der Waals surface area contributed by atoms with Gasteiger partial charge in [-0.05, 0) is 61.9 Å². The van der Waals surface area contributed by atoms with Gasteiger partial charge in [0.1, 0.15) is 23.2 Å². The second-order valence-corrected chi connectivity index (χ2v) is 9.24. The minimum Gasteiger partial charge on any atom is -0.497 e. The van der Waals surface area contributed by atoms with E-state index in [4.69, 9.17) is 4.74 Å². The highest BCUT2D eigenvalue weighted by Gasteiger charge is 2.38. The SMILES string of the molecule is COc1ccc(NC(=O)C2=C(C)Nc3c(C(=O)Nc4cccc(C)c4)cnn3[C@@H]2c2ccccc2[N+](=O)[O-])cc1. The number of allylic oxidation sites excluding steroid dienone is 1. The number of para-hydroxylation sites is 1. The van der Waals surface area contributed by atoms with Crippen molar-refractivity contribution in [1.29, 1.82) is 0 Å². The molecule has 202 valence electrons. The summed E-state index contributed by atoms with van der Waals surface area (Å²) in [5.74, 6) is 0.0415. The van der Waals surface area contributed by atoms with E-state index >= 15 is 0 Å². The first-order valence-corrected chi connectivity index (χ1v) is 12.4. The van der Waals surface area contributed by atoms with Crippen molar-refractivity contribution in [2.24, 2.45) is 0 Å². The minimum atomic E-state index is -0.989. The maximum Gasteiger partial charge on any atom is 0.275 e. The molecule has 1 aliphatic heterocycles. The van der Waals surface area contributed by atoms with Crippen molar-refractivity contribution in [3.63, 3.8) is 0 Å². The smallest absolute Gasteiger partial charge is 0.275 e. The lowest BCUT2D eigenvalue weighted by molar-refractivity contribution is -0.385. The van der Waals surface area contributed by atoms with Crippen LogP contribution in [0.1, 0.15) is 34.5 Å². The van der Waals surface area contributed by atoms with Crippen LogP contribution in [0.25, 0.3) is 0 Å². The average Bonchev–Trinajstić information content (AvgIpc) is 3.36. The Labute approximate surface area is 229 Å². The van der Waals surface area contributed by atoms with Crippen LogP contribution < -0.4 is 20.7 Å². The summed E-state index contributed by atoms with van der Waals surface area (Å²) in [5.41, 5.74) is 3.04. The molecule has 0 spiro atoms. The molecule has 0 aliphatic carbocycles. The van der Waals surface area contributed by atoms with Crippen LogP contribution >= 0.6 is 0 Å². The molecule has 3 aromatic carbocycles.